The highest BCUT2D eigenvalue weighted by Crippen LogP contribution is 2.52. The zero-order valence-corrected chi connectivity index (χ0v) is 23.8. The van der Waals surface area contributed by atoms with E-state index < -0.39 is 26.5 Å². The van der Waals surface area contributed by atoms with Gasteiger partial charge in [-0.1, -0.05) is 86.5 Å². The van der Waals surface area contributed by atoms with Gasteiger partial charge in [-0.05, 0) is 57.6 Å². The van der Waals surface area contributed by atoms with E-state index in [-0.39, 0.29) is 29.5 Å². The molecule has 0 bridgehead atoms. The fourth-order valence-corrected chi connectivity index (χ4v) is 6.95. The van der Waals surface area contributed by atoms with Crippen molar-refractivity contribution >= 4 is 15.7 Å². The van der Waals surface area contributed by atoms with Gasteiger partial charge < -0.3 is 4.90 Å². The second-order valence-electron chi connectivity index (χ2n) is 11.5. The van der Waals surface area contributed by atoms with Crippen LogP contribution in [0, 0.1) is 25.2 Å². The van der Waals surface area contributed by atoms with Gasteiger partial charge in [0.2, 0.25) is 5.91 Å². The van der Waals surface area contributed by atoms with Crippen molar-refractivity contribution in [1.82, 2.24) is 4.90 Å². The van der Waals surface area contributed by atoms with Crippen molar-refractivity contribution in [3.63, 3.8) is 0 Å². The van der Waals surface area contributed by atoms with E-state index in [1.807, 2.05) is 31.7 Å². The number of hydrogen-bond acceptors (Lipinski definition) is 3. The number of carbonyl (C=O) groups is 1. The highest BCUT2D eigenvalue weighted by atomic mass is 32.2. The quantitative estimate of drug-likeness (QED) is 0.350. The Hall–Kier alpha value is -2.40. The molecule has 4 nitrogen and oxygen atoms in total. The van der Waals surface area contributed by atoms with Crippen molar-refractivity contribution in [1.29, 1.82) is 0 Å². The molecular weight excluding hydrogens is 466 g/mol. The molecular formula is C31H43NO3S. The second-order valence-corrected chi connectivity index (χ2v) is 14.1. The van der Waals surface area contributed by atoms with Crippen LogP contribution in [0.15, 0.2) is 61.2 Å². The number of likely N-dealkylation sites (tertiary alicyclic amines) is 1. The summed E-state index contributed by atoms with van der Waals surface area (Å²) >= 11 is 0. The third-order valence-electron chi connectivity index (χ3n) is 7.83. The van der Waals surface area contributed by atoms with E-state index in [1.165, 1.54) is 11.1 Å². The molecule has 4 atom stereocenters. The van der Waals surface area contributed by atoms with Crippen LogP contribution in [0.1, 0.15) is 81.7 Å². The third-order valence-corrected chi connectivity index (χ3v) is 10.1. The van der Waals surface area contributed by atoms with Gasteiger partial charge in [-0.25, -0.2) is 8.42 Å². The van der Waals surface area contributed by atoms with E-state index in [0.29, 0.717) is 12.8 Å². The average Bonchev–Trinajstić information content (AvgIpc) is 2.80. The van der Waals surface area contributed by atoms with Crippen molar-refractivity contribution in [2.75, 3.05) is 5.75 Å². The Morgan fingerprint density at radius 2 is 1.67 bits per heavy atom. The summed E-state index contributed by atoms with van der Waals surface area (Å²) < 4.78 is 26.4. The van der Waals surface area contributed by atoms with Crippen molar-refractivity contribution in [3.05, 3.63) is 83.4 Å². The average molecular weight is 510 g/mol. The highest BCUT2D eigenvalue weighted by molar-refractivity contribution is 7.92. The summed E-state index contributed by atoms with van der Waals surface area (Å²) in [4.78, 5) is 16.4. The summed E-state index contributed by atoms with van der Waals surface area (Å²) in [7, 11) is -3.38. The summed E-state index contributed by atoms with van der Waals surface area (Å²) in [5.41, 5.74) is 3.90. The van der Waals surface area contributed by atoms with Gasteiger partial charge in [-0.15, -0.1) is 6.58 Å². The molecule has 1 aliphatic heterocycles. The standard InChI is InChI=1S/C31H43NO3S/c1-9-17-31(8)19-27(26-12-10-11-24(7)18-26)29(25-15-13-23(6)14-16-25)32(30(31)33)28(21(2)3)20-36(34,35)22(4)5/h9-16,18,21-22,27-29H,1,17,19-20H2,2-8H3/t27-,28-,29-,31+/m1/s1. The van der Waals surface area contributed by atoms with Gasteiger partial charge in [-0.3, -0.25) is 4.79 Å². The minimum Gasteiger partial charge on any atom is -0.330 e. The Morgan fingerprint density at radius 1 is 1.03 bits per heavy atom. The molecule has 1 heterocycles. The molecule has 0 aromatic heterocycles. The molecule has 2 aromatic rings. The number of piperidine rings is 1. The van der Waals surface area contributed by atoms with Crippen LogP contribution in [0.5, 0.6) is 0 Å². The summed E-state index contributed by atoms with van der Waals surface area (Å²) in [6, 6.07) is 16.2. The van der Waals surface area contributed by atoms with Crippen LogP contribution in [0.4, 0.5) is 0 Å². The Kier molecular flexibility index (Phi) is 8.55. The number of hydrogen-bond donors (Lipinski definition) is 0. The number of benzene rings is 2. The van der Waals surface area contributed by atoms with Gasteiger partial charge in [0.05, 0.1) is 22.5 Å². The Labute approximate surface area is 218 Å². The van der Waals surface area contributed by atoms with Crippen LogP contribution in [-0.2, 0) is 14.6 Å². The first kappa shape index (κ1) is 28.2. The number of rotatable bonds is 9. The number of sulfone groups is 1. The van der Waals surface area contributed by atoms with Crippen LogP contribution in [0.2, 0.25) is 0 Å². The summed E-state index contributed by atoms with van der Waals surface area (Å²) in [5.74, 6) is -0.0197. The van der Waals surface area contributed by atoms with Gasteiger partial charge in [0, 0.05) is 12.0 Å². The lowest BCUT2D eigenvalue weighted by molar-refractivity contribution is -0.155. The molecule has 5 heteroatoms. The SMILES string of the molecule is C=CC[C@@]1(C)C[C@H](c2cccc(C)c2)[C@@H](c2ccc(C)cc2)N([C@H](CS(=O)(=O)C(C)C)C(C)C)C1=O. The van der Waals surface area contributed by atoms with Gasteiger partial charge in [-0.2, -0.15) is 0 Å². The van der Waals surface area contributed by atoms with E-state index >= 15 is 0 Å². The Bertz CT molecular complexity index is 1180. The van der Waals surface area contributed by atoms with Crippen LogP contribution >= 0.6 is 0 Å². The van der Waals surface area contributed by atoms with Crippen LogP contribution in [-0.4, -0.2) is 36.3 Å². The fourth-order valence-electron chi connectivity index (χ4n) is 5.54. The van der Waals surface area contributed by atoms with Gasteiger partial charge in [0.25, 0.3) is 0 Å². The van der Waals surface area contributed by atoms with Crippen molar-refractivity contribution in [2.24, 2.45) is 11.3 Å². The van der Waals surface area contributed by atoms with E-state index in [4.69, 9.17) is 0 Å². The molecule has 2 aromatic carbocycles. The molecule has 3 rings (SSSR count). The largest absolute Gasteiger partial charge is 0.330 e. The first-order valence-electron chi connectivity index (χ1n) is 13.1. The predicted octanol–water partition coefficient (Wildman–Crippen LogP) is 6.79. The number of carbonyl (C=O) groups excluding carboxylic acids is 1. The van der Waals surface area contributed by atoms with E-state index in [0.717, 1.165) is 11.1 Å². The van der Waals surface area contributed by atoms with Crippen molar-refractivity contribution < 1.29 is 13.2 Å². The molecule has 36 heavy (non-hydrogen) atoms. The summed E-state index contributed by atoms with van der Waals surface area (Å²) in [6.45, 7) is 17.6. The minimum atomic E-state index is -3.38. The van der Waals surface area contributed by atoms with E-state index in [1.54, 1.807) is 13.8 Å². The topological polar surface area (TPSA) is 54.5 Å². The predicted molar refractivity (Wildman–Crippen MR) is 150 cm³/mol. The van der Waals surface area contributed by atoms with Gasteiger partial charge in [0.1, 0.15) is 0 Å². The van der Waals surface area contributed by atoms with E-state index in [2.05, 4.69) is 69.0 Å². The van der Waals surface area contributed by atoms with Gasteiger partial charge >= 0.3 is 0 Å². The molecule has 0 N–H and O–H groups in total. The number of amides is 1. The smallest absolute Gasteiger partial charge is 0.229 e. The lowest BCUT2D eigenvalue weighted by Gasteiger charge is -2.53. The fraction of sp³-hybridized carbons (Fsp3) is 0.516. The molecule has 0 aliphatic carbocycles. The van der Waals surface area contributed by atoms with Crippen LogP contribution in [0.3, 0.4) is 0 Å². The number of aryl methyl sites for hydroxylation is 2. The Balaban J connectivity index is 2.29. The lowest BCUT2D eigenvalue weighted by Crippen LogP contribution is -2.58. The normalized spacial score (nSPS) is 23.8. The molecule has 1 amide bonds. The number of nitrogens with zero attached hydrogens (tertiary/aromatic N) is 1. The second kappa shape index (κ2) is 10.9. The van der Waals surface area contributed by atoms with Crippen molar-refractivity contribution in [3.8, 4) is 0 Å². The molecule has 1 fully saturated rings. The first-order valence-corrected chi connectivity index (χ1v) is 14.8. The first-order chi connectivity index (χ1) is 16.8. The zero-order chi connectivity index (χ0) is 26.8. The number of allylic oxidation sites excluding steroid dienone is 1. The van der Waals surface area contributed by atoms with Crippen LogP contribution < -0.4 is 0 Å². The maximum absolute atomic E-state index is 14.4. The molecule has 0 saturated carbocycles. The monoisotopic (exact) mass is 509 g/mol. The van der Waals surface area contributed by atoms with Crippen LogP contribution in [0.25, 0.3) is 0 Å². The molecule has 0 unspecified atom stereocenters. The maximum Gasteiger partial charge on any atom is 0.229 e. The maximum atomic E-state index is 14.4. The molecule has 0 spiro atoms. The van der Waals surface area contributed by atoms with E-state index in [9.17, 15) is 13.2 Å². The summed E-state index contributed by atoms with van der Waals surface area (Å²) in [5, 5.41) is -0.497. The highest BCUT2D eigenvalue weighted by Gasteiger charge is 2.52. The zero-order valence-electron chi connectivity index (χ0n) is 23.0. The third kappa shape index (κ3) is 5.77. The lowest BCUT2D eigenvalue weighted by atomic mass is 9.66. The summed E-state index contributed by atoms with van der Waals surface area (Å²) in [6.07, 6.45) is 3.05. The van der Waals surface area contributed by atoms with Gasteiger partial charge in [0.15, 0.2) is 9.84 Å². The molecule has 1 saturated heterocycles. The molecule has 0 radical (unpaired) electrons. The molecule has 196 valence electrons. The minimum absolute atomic E-state index is 0.0227. The molecule has 1 aliphatic rings. The van der Waals surface area contributed by atoms with Crippen molar-refractivity contribution in [2.45, 2.75) is 84.6 Å². The Morgan fingerprint density at radius 3 is 2.19 bits per heavy atom.